The van der Waals surface area contributed by atoms with Gasteiger partial charge in [0.05, 0.1) is 6.04 Å². The van der Waals surface area contributed by atoms with Crippen LogP contribution in [0.4, 0.5) is 4.79 Å². The van der Waals surface area contributed by atoms with Crippen LogP contribution in [0.15, 0.2) is 0 Å². The van der Waals surface area contributed by atoms with Gasteiger partial charge in [-0.1, -0.05) is 13.3 Å². The summed E-state index contributed by atoms with van der Waals surface area (Å²) in [4.78, 5) is 30.3. The lowest BCUT2D eigenvalue weighted by Crippen LogP contribution is -2.62. The molecule has 3 aliphatic heterocycles. The molecule has 4 aliphatic rings. The number of nitrogens with one attached hydrogen (secondary N) is 1. The molecule has 1 spiro atoms. The molecule has 2 amide bonds. The van der Waals surface area contributed by atoms with Gasteiger partial charge >= 0.3 is 6.09 Å². The van der Waals surface area contributed by atoms with E-state index in [1.807, 2.05) is 0 Å². The van der Waals surface area contributed by atoms with Crippen molar-refractivity contribution < 1.29 is 14.7 Å². The zero-order valence-corrected chi connectivity index (χ0v) is 17.4. The first-order valence-corrected chi connectivity index (χ1v) is 11.2. The van der Waals surface area contributed by atoms with Crippen molar-refractivity contribution in [1.82, 2.24) is 20.0 Å². The topological polar surface area (TPSA) is 76.1 Å². The van der Waals surface area contributed by atoms with Crippen molar-refractivity contribution >= 4 is 12.0 Å². The second kappa shape index (κ2) is 7.82. The van der Waals surface area contributed by atoms with E-state index in [9.17, 15) is 14.7 Å². The molecular weight excluding hydrogens is 356 g/mol. The number of nitrogens with zero attached hydrogens (tertiary/aromatic N) is 3. The van der Waals surface area contributed by atoms with Crippen molar-refractivity contribution in [2.45, 2.75) is 70.0 Å². The summed E-state index contributed by atoms with van der Waals surface area (Å²) in [6, 6.07) is 1.22. The second-order valence-electron chi connectivity index (χ2n) is 9.38. The number of rotatable bonds is 4. The van der Waals surface area contributed by atoms with Crippen LogP contribution in [0.2, 0.25) is 0 Å². The zero-order chi connectivity index (χ0) is 19.9. The third-order valence-corrected chi connectivity index (χ3v) is 8.24. The fraction of sp³-hybridized carbons (Fsp3) is 0.905. The molecule has 2 N–H and O–H groups in total. The summed E-state index contributed by atoms with van der Waals surface area (Å²) in [5.41, 5.74) is 0.230. The quantitative estimate of drug-likeness (QED) is 0.763. The Morgan fingerprint density at radius 1 is 1.14 bits per heavy atom. The van der Waals surface area contributed by atoms with Crippen LogP contribution in [0.3, 0.4) is 0 Å². The van der Waals surface area contributed by atoms with Gasteiger partial charge in [-0.15, -0.1) is 0 Å². The summed E-state index contributed by atoms with van der Waals surface area (Å²) in [6.07, 6.45) is 6.99. The molecule has 28 heavy (non-hydrogen) atoms. The standard InChI is InChI=1S/C21H36N4O3/c1-3-16-18(13-21(16)8-12-24(14-21)20(27)28)23-10-6-15(7-11-23)25-9-4-5-17(25)19(26)22-2/h15-18H,3-14H2,1-2H3,(H,22,26)(H,27,28)/t16?,17-,18?,21?/m0/s1. The predicted octanol–water partition coefficient (Wildman–Crippen LogP) is 1.83. The number of carbonyl (C=O) groups excluding carboxylic acids is 1. The van der Waals surface area contributed by atoms with Gasteiger partial charge in [0.25, 0.3) is 0 Å². The summed E-state index contributed by atoms with van der Waals surface area (Å²) in [5.74, 6) is 0.801. The van der Waals surface area contributed by atoms with Crippen LogP contribution in [0.25, 0.3) is 0 Å². The summed E-state index contributed by atoms with van der Waals surface area (Å²) < 4.78 is 0. The number of hydrogen-bond acceptors (Lipinski definition) is 4. The predicted molar refractivity (Wildman–Crippen MR) is 107 cm³/mol. The van der Waals surface area contributed by atoms with E-state index in [0.29, 0.717) is 24.5 Å². The highest BCUT2D eigenvalue weighted by molar-refractivity contribution is 5.81. The molecule has 158 valence electrons. The van der Waals surface area contributed by atoms with Gasteiger partial charge < -0.3 is 15.3 Å². The normalized spacial score (nSPS) is 37.4. The Labute approximate surface area is 168 Å². The van der Waals surface area contributed by atoms with Gasteiger partial charge in [-0.25, -0.2) is 4.79 Å². The van der Waals surface area contributed by atoms with Gasteiger partial charge in [0.2, 0.25) is 5.91 Å². The molecule has 1 aliphatic carbocycles. The molecule has 3 unspecified atom stereocenters. The van der Waals surface area contributed by atoms with E-state index in [0.717, 1.165) is 71.1 Å². The Balaban J connectivity index is 1.32. The highest BCUT2D eigenvalue weighted by Crippen LogP contribution is 2.56. The molecule has 4 fully saturated rings. The molecule has 1 saturated carbocycles. The van der Waals surface area contributed by atoms with Crippen molar-refractivity contribution in [2.75, 3.05) is 39.8 Å². The average Bonchev–Trinajstić information content (AvgIpc) is 3.35. The average molecular weight is 393 g/mol. The number of likely N-dealkylation sites (N-methyl/N-ethyl adjacent to an activating group) is 1. The third-order valence-electron chi connectivity index (χ3n) is 8.24. The van der Waals surface area contributed by atoms with E-state index < -0.39 is 6.09 Å². The van der Waals surface area contributed by atoms with Crippen LogP contribution in [-0.4, -0.2) is 89.7 Å². The number of carbonyl (C=O) groups is 2. The lowest BCUT2D eigenvalue weighted by atomic mass is 9.54. The zero-order valence-electron chi connectivity index (χ0n) is 17.4. The van der Waals surface area contributed by atoms with E-state index in [4.69, 9.17) is 0 Å². The minimum atomic E-state index is -0.757. The van der Waals surface area contributed by atoms with Crippen LogP contribution < -0.4 is 5.32 Å². The van der Waals surface area contributed by atoms with Crippen molar-refractivity contribution in [2.24, 2.45) is 11.3 Å². The molecular formula is C21H36N4O3. The Morgan fingerprint density at radius 3 is 2.50 bits per heavy atom. The largest absolute Gasteiger partial charge is 0.465 e. The number of piperidine rings is 1. The first-order valence-electron chi connectivity index (χ1n) is 11.2. The number of carboxylic acid groups (broad SMARTS) is 1. The summed E-state index contributed by atoms with van der Waals surface area (Å²) in [5, 5.41) is 12.2. The maximum atomic E-state index is 12.2. The Hall–Kier alpha value is -1.34. The number of hydrogen-bond donors (Lipinski definition) is 2. The molecule has 7 heteroatoms. The van der Waals surface area contributed by atoms with Crippen LogP contribution in [-0.2, 0) is 4.79 Å². The van der Waals surface area contributed by atoms with E-state index >= 15 is 0 Å². The van der Waals surface area contributed by atoms with Crippen molar-refractivity contribution in [3.8, 4) is 0 Å². The lowest BCUT2D eigenvalue weighted by Gasteiger charge is -2.58. The van der Waals surface area contributed by atoms with E-state index in [2.05, 4.69) is 22.0 Å². The smallest absolute Gasteiger partial charge is 0.407 e. The molecule has 0 aromatic rings. The van der Waals surface area contributed by atoms with Crippen molar-refractivity contribution in [3.05, 3.63) is 0 Å². The van der Waals surface area contributed by atoms with E-state index in [-0.39, 0.29) is 17.4 Å². The lowest BCUT2D eigenvalue weighted by molar-refractivity contribution is -0.126. The second-order valence-corrected chi connectivity index (χ2v) is 9.38. The van der Waals surface area contributed by atoms with Crippen molar-refractivity contribution in [1.29, 1.82) is 0 Å². The summed E-state index contributed by atoms with van der Waals surface area (Å²) >= 11 is 0. The Kier molecular flexibility index (Phi) is 5.58. The maximum absolute atomic E-state index is 12.2. The van der Waals surface area contributed by atoms with Crippen LogP contribution in [0, 0.1) is 11.3 Å². The monoisotopic (exact) mass is 392 g/mol. The molecule has 0 aromatic carbocycles. The Morgan fingerprint density at radius 2 is 1.89 bits per heavy atom. The molecule has 3 saturated heterocycles. The Bertz CT molecular complexity index is 606. The fourth-order valence-electron chi connectivity index (χ4n) is 6.80. The third kappa shape index (κ3) is 3.30. The van der Waals surface area contributed by atoms with Gasteiger partial charge in [0.1, 0.15) is 0 Å². The summed E-state index contributed by atoms with van der Waals surface area (Å²) in [6.45, 7) is 6.99. The first-order chi connectivity index (χ1) is 13.5. The summed E-state index contributed by atoms with van der Waals surface area (Å²) in [7, 11) is 1.74. The molecule has 4 atom stereocenters. The molecule has 0 bridgehead atoms. The molecule has 0 radical (unpaired) electrons. The van der Waals surface area contributed by atoms with Gasteiger partial charge in [-0.3, -0.25) is 14.6 Å². The highest BCUT2D eigenvalue weighted by Gasteiger charge is 2.58. The van der Waals surface area contributed by atoms with Gasteiger partial charge in [0, 0.05) is 32.2 Å². The van der Waals surface area contributed by atoms with Gasteiger partial charge in [0.15, 0.2) is 0 Å². The SMILES string of the molecule is CCC1C(N2CCC(N3CCC[C@H]3C(=O)NC)CC2)CC12CCN(C(=O)O)C2. The van der Waals surface area contributed by atoms with E-state index in [1.165, 1.54) is 0 Å². The number of likely N-dealkylation sites (tertiary alicyclic amines) is 3. The number of amides is 2. The minimum Gasteiger partial charge on any atom is -0.465 e. The van der Waals surface area contributed by atoms with Crippen molar-refractivity contribution in [3.63, 3.8) is 0 Å². The molecule has 3 heterocycles. The van der Waals surface area contributed by atoms with Crippen LogP contribution in [0.5, 0.6) is 0 Å². The van der Waals surface area contributed by atoms with Gasteiger partial charge in [-0.05, 0) is 69.5 Å². The highest BCUT2D eigenvalue weighted by atomic mass is 16.4. The first kappa shape index (κ1) is 20.0. The molecule has 7 nitrogen and oxygen atoms in total. The fourth-order valence-corrected chi connectivity index (χ4v) is 6.80. The maximum Gasteiger partial charge on any atom is 0.407 e. The van der Waals surface area contributed by atoms with E-state index in [1.54, 1.807) is 11.9 Å². The molecule has 4 rings (SSSR count). The van der Waals surface area contributed by atoms with Crippen LogP contribution in [0.1, 0.15) is 51.9 Å². The minimum absolute atomic E-state index is 0.0670. The van der Waals surface area contributed by atoms with Crippen LogP contribution >= 0.6 is 0 Å². The van der Waals surface area contributed by atoms with Gasteiger partial charge in [-0.2, -0.15) is 0 Å². The molecule has 0 aromatic heterocycles.